The van der Waals surface area contributed by atoms with E-state index < -0.39 is 0 Å². The van der Waals surface area contributed by atoms with Gasteiger partial charge in [0.25, 0.3) is 5.91 Å². The minimum absolute atomic E-state index is 0.302. The maximum atomic E-state index is 13.1. The first-order chi connectivity index (χ1) is 9.54. The highest BCUT2D eigenvalue weighted by Crippen LogP contribution is 2.27. The zero-order valence-electron chi connectivity index (χ0n) is 10.5. The summed E-state index contributed by atoms with van der Waals surface area (Å²) in [5, 5.41) is 10.1. The molecule has 20 heavy (non-hydrogen) atoms. The summed E-state index contributed by atoms with van der Waals surface area (Å²) >= 11 is 1.22. The molecule has 0 fully saturated rings. The van der Waals surface area contributed by atoms with E-state index >= 15 is 0 Å². The standard InChI is InChI=1S/C13H11FN4OS/c1-6-11(15)12(18-17-6)16-13(19)10-4-7-2-3-8(14)5-9(7)20-10/h2-5H,15H2,1H3,(H2,16,17,18,19). The number of carbonyl (C=O) groups excluding carboxylic acids is 1. The number of thiophene rings is 1. The number of H-pyrrole nitrogens is 1. The first-order valence-electron chi connectivity index (χ1n) is 5.85. The van der Waals surface area contributed by atoms with Gasteiger partial charge in [-0.25, -0.2) is 4.39 Å². The smallest absolute Gasteiger partial charge is 0.267 e. The fourth-order valence-corrected chi connectivity index (χ4v) is 2.80. The van der Waals surface area contributed by atoms with E-state index in [4.69, 9.17) is 5.73 Å². The zero-order valence-corrected chi connectivity index (χ0v) is 11.3. The molecule has 0 saturated carbocycles. The Labute approximate surface area is 117 Å². The fourth-order valence-electron chi connectivity index (χ4n) is 1.82. The summed E-state index contributed by atoms with van der Waals surface area (Å²) in [7, 11) is 0. The Balaban J connectivity index is 1.90. The number of rotatable bonds is 2. The molecule has 5 nitrogen and oxygen atoms in total. The van der Waals surface area contributed by atoms with Gasteiger partial charge in [-0.15, -0.1) is 11.3 Å². The van der Waals surface area contributed by atoms with Crippen LogP contribution in [0, 0.1) is 12.7 Å². The Morgan fingerprint density at radius 1 is 1.45 bits per heavy atom. The number of aromatic nitrogens is 2. The highest BCUT2D eigenvalue weighted by atomic mass is 32.1. The van der Waals surface area contributed by atoms with Crippen molar-refractivity contribution < 1.29 is 9.18 Å². The van der Waals surface area contributed by atoms with E-state index in [9.17, 15) is 9.18 Å². The zero-order chi connectivity index (χ0) is 14.3. The number of nitrogens with two attached hydrogens (primary N) is 1. The Kier molecular flexibility index (Phi) is 2.90. The summed E-state index contributed by atoms with van der Waals surface area (Å²) in [5.41, 5.74) is 6.87. The third-order valence-electron chi connectivity index (χ3n) is 2.93. The van der Waals surface area contributed by atoms with Crippen molar-refractivity contribution in [3.8, 4) is 0 Å². The minimum atomic E-state index is -0.321. The maximum Gasteiger partial charge on any atom is 0.267 e. The van der Waals surface area contributed by atoms with Crippen molar-refractivity contribution in [1.29, 1.82) is 0 Å². The molecule has 0 aliphatic carbocycles. The number of hydrogen-bond acceptors (Lipinski definition) is 4. The van der Waals surface area contributed by atoms with E-state index in [-0.39, 0.29) is 11.7 Å². The molecular weight excluding hydrogens is 279 g/mol. The van der Waals surface area contributed by atoms with Gasteiger partial charge in [-0.05, 0) is 30.5 Å². The Morgan fingerprint density at radius 3 is 2.95 bits per heavy atom. The quantitative estimate of drug-likeness (QED) is 0.678. The van der Waals surface area contributed by atoms with Gasteiger partial charge in [-0.2, -0.15) is 5.10 Å². The molecule has 102 valence electrons. The largest absolute Gasteiger partial charge is 0.394 e. The molecule has 0 radical (unpaired) electrons. The second kappa shape index (κ2) is 4.61. The Bertz CT molecular complexity index is 808. The molecule has 0 bridgehead atoms. The number of benzene rings is 1. The van der Waals surface area contributed by atoms with Crippen molar-refractivity contribution in [1.82, 2.24) is 10.2 Å². The van der Waals surface area contributed by atoms with E-state index in [1.54, 1.807) is 19.1 Å². The number of nitrogens with one attached hydrogen (secondary N) is 2. The second-order valence-electron chi connectivity index (χ2n) is 4.36. The van der Waals surface area contributed by atoms with Crippen LogP contribution < -0.4 is 11.1 Å². The molecule has 0 unspecified atom stereocenters. The molecule has 0 aliphatic rings. The maximum absolute atomic E-state index is 13.1. The third-order valence-corrected chi connectivity index (χ3v) is 4.03. The number of aromatic amines is 1. The van der Waals surface area contributed by atoms with E-state index in [1.807, 2.05) is 0 Å². The van der Waals surface area contributed by atoms with Gasteiger partial charge in [0, 0.05) is 4.70 Å². The molecule has 4 N–H and O–H groups in total. The van der Waals surface area contributed by atoms with Crippen molar-refractivity contribution in [2.24, 2.45) is 0 Å². The number of hydrogen-bond donors (Lipinski definition) is 3. The van der Waals surface area contributed by atoms with E-state index in [0.29, 0.717) is 22.1 Å². The number of fused-ring (bicyclic) bond motifs is 1. The monoisotopic (exact) mass is 290 g/mol. The van der Waals surface area contributed by atoms with Gasteiger partial charge < -0.3 is 11.1 Å². The van der Waals surface area contributed by atoms with Gasteiger partial charge >= 0.3 is 0 Å². The number of anilines is 2. The molecular formula is C13H11FN4OS. The van der Waals surface area contributed by atoms with Crippen LogP contribution in [-0.2, 0) is 0 Å². The molecule has 0 aliphatic heterocycles. The van der Waals surface area contributed by atoms with Crippen LogP contribution in [0.1, 0.15) is 15.4 Å². The normalized spacial score (nSPS) is 10.9. The van der Waals surface area contributed by atoms with Gasteiger partial charge in [0.05, 0.1) is 16.3 Å². The molecule has 2 aromatic heterocycles. The van der Waals surface area contributed by atoms with Crippen LogP contribution in [0.25, 0.3) is 10.1 Å². The number of aryl methyl sites for hydroxylation is 1. The van der Waals surface area contributed by atoms with Gasteiger partial charge in [0.15, 0.2) is 5.82 Å². The molecule has 0 atom stereocenters. The topological polar surface area (TPSA) is 83.8 Å². The number of nitrogens with zero attached hydrogens (tertiary/aromatic N) is 1. The first-order valence-corrected chi connectivity index (χ1v) is 6.67. The molecule has 3 aromatic rings. The second-order valence-corrected chi connectivity index (χ2v) is 5.44. The summed E-state index contributed by atoms with van der Waals surface area (Å²) < 4.78 is 13.8. The van der Waals surface area contributed by atoms with Gasteiger partial charge in [-0.1, -0.05) is 6.07 Å². The summed E-state index contributed by atoms with van der Waals surface area (Å²) in [6.45, 7) is 1.76. The molecule has 0 spiro atoms. The number of carbonyl (C=O) groups is 1. The summed E-state index contributed by atoms with van der Waals surface area (Å²) in [6.07, 6.45) is 0. The van der Waals surface area contributed by atoms with Crippen molar-refractivity contribution in [2.75, 3.05) is 11.1 Å². The molecule has 2 heterocycles. The average Bonchev–Trinajstić information content (AvgIpc) is 2.96. The lowest BCUT2D eigenvalue weighted by Gasteiger charge is -2.00. The van der Waals surface area contributed by atoms with E-state index in [2.05, 4.69) is 15.5 Å². The average molecular weight is 290 g/mol. The van der Waals surface area contributed by atoms with Gasteiger partial charge in [-0.3, -0.25) is 9.89 Å². The van der Waals surface area contributed by atoms with Crippen molar-refractivity contribution in [3.63, 3.8) is 0 Å². The van der Waals surface area contributed by atoms with Crippen LogP contribution in [0.15, 0.2) is 24.3 Å². The van der Waals surface area contributed by atoms with Crippen molar-refractivity contribution in [2.45, 2.75) is 6.92 Å². The van der Waals surface area contributed by atoms with Crippen LogP contribution in [-0.4, -0.2) is 16.1 Å². The van der Waals surface area contributed by atoms with Crippen molar-refractivity contribution >= 4 is 38.8 Å². The molecule has 1 aromatic carbocycles. The number of nitrogen functional groups attached to an aromatic ring is 1. The van der Waals surface area contributed by atoms with Crippen LogP contribution in [0.5, 0.6) is 0 Å². The van der Waals surface area contributed by atoms with Crippen molar-refractivity contribution in [3.05, 3.63) is 40.7 Å². The minimum Gasteiger partial charge on any atom is -0.394 e. The fraction of sp³-hybridized carbons (Fsp3) is 0.0769. The third kappa shape index (κ3) is 2.12. The highest BCUT2D eigenvalue weighted by molar-refractivity contribution is 7.20. The number of amides is 1. The van der Waals surface area contributed by atoms with Gasteiger partial charge in [0.2, 0.25) is 0 Å². The SMILES string of the molecule is Cc1[nH]nc(NC(=O)c2cc3ccc(F)cc3s2)c1N. The van der Waals surface area contributed by atoms with E-state index in [0.717, 1.165) is 10.1 Å². The lowest BCUT2D eigenvalue weighted by molar-refractivity contribution is 0.103. The van der Waals surface area contributed by atoms with Crippen LogP contribution in [0.4, 0.5) is 15.9 Å². The molecule has 7 heteroatoms. The lowest BCUT2D eigenvalue weighted by atomic mass is 10.2. The molecule has 0 saturated heterocycles. The molecule has 1 amide bonds. The summed E-state index contributed by atoms with van der Waals surface area (Å²) in [4.78, 5) is 12.6. The predicted molar refractivity (Wildman–Crippen MR) is 77.5 cm³/mol. The summed E-state index contributed by atoms with van der Waals surface area (Å²) in [6, 6.07) is 6.13. The highest BCUT2D eigenvalue weighted by Gasteiger charge is 2.14. The Hall–Kier alpha value is -2.41. The number of halogens is 1. The van der Waals surface area contributed by atoms with Crippen LogP contribution in [0.2, 0.25) is 0 Å². The summed E-state index contributed by atoms with van der Waals surface area (Å²) in [5.74, 6) is -0.334. The van der Waals surface area contributed by atoms with Gasteiger partial charge in [0.1, 0.15) is 5.82 Å². The predicted octanol–water partition coefficient (Wildman–Crippen LogP) is 2.91. The Morgan fingerprint density at radius 2 is 2.25 bits per heavy atom. The van der Waals surface area contributed by atoms with Crippen LogP contribution in [0.3, 0.4) is 0 Å². The first kappa shape index (κ1) is 12.6. The van der Waals surface area contributed by atoms with E-state index in [1.165, 1.54) is 23.5 Å². The molecule has 3 rings (SSSR count). The van der Waals surface area contributed by atoms with Crippen LogP contribution >= 0.6 is 11.3 Å². The lowest BCUT2D eigenvalue weighted by Crippen LogP contribution is -2.11.